The lowest BCUT2D eigenvalue weighted by atomic mass is 9.94. The molecule has 13 heteroatoms. The van der Waals surface area contributed by atoms with Gasteiger partial charge in [-0.15, -0.1) is 0 Å². The van der Waals surface area contributed by atoms with Crippen LogP contribution in [0.25, 0.3) is 22.3 Å². The summed E-state index contributed by atoms with van der Waals surface area (Å²) < 4.78 is 72.6. The number of fused-ring (bicyclic) bond motifs is 1. The minimum Gasteiger partial charge on any atom is -0.477 e. The van der Waals surface area contributed by atoms with Gasteiger partial charge in [0.15, 0.2) is 0 Å². The maximum atomic E-state index is 13.2. The SMILES string of the molecule is CCCCn1nc(CC)c(Cc2c3ccocc-3c(Br)c2-c2ccccc2NS(=O)(=O)C(F)(F)F)c1C(=O)O. The Hall–Kier alpha value is -3.32. The predicted molar refractivity (Wildman–Crippen MR) is 143 cm³/mol. The molecule has 1 aromatic heterocycles. The third kappa shape index (κ3) is 5.42. The van der Waals surface area contributed by atoms with Crippen molar-refractivity contribution >= 4 is 37.6 Å². The number of hydrogen-bond acceptors (Lipinski definition) is 5. The smallest absolute Gasteiger partial charge is 0.477 e. The molecule has 208 valence electrons. The molecule has 8 nitrogen and oxygen atoms in total. The predicted octanol–water partition coefficient (Wildman–Crippen LogP) is 6.92. The number of aromatic carboxylic acids is 1. The van der Waals surface area contributed by atoms with Crippen LogP contribution in [0.1, 0.15) is 54.0 Å². The highest BCUT2D eigenvalue weighted by atomic mass is 79.9. The number of aryl methyl sites for hydroxylation is 2. The Morgan fingerprint density at radius 2 is 1.85 bits per heavy atom. The molecule has 2 N–H and O–H groups in total. The summed E-state index contributed by atoms with van der Waals surface area (Å²) in [5.74, 6) is -1.14. The van der Waals surface area contributed by atoms with E-state index in [1.54, 1.807) is 16.9 Å². The van der Waals surface area contributed by atoms with E-state index >= 15 is 0 Å². The van der Waals surface area contributed by atoms with E-state index in [-0.39, 0.29) is 23.4 Å². The zero-order valence-electron chi connectivity index (χ0n) is 21.0. The minimum absolute atomic E-state index is 0.0448. The van der Waals surface area contributed by atoms with Gasteiger partial charge in [0.25, 0.3) is 0 Å². The monoisotopic (exact) mass is 627 g/mol. The molecule has 0 radical (unpaired) electrons. The van der Waals surface area contributed by atoms with Crippen molar-refractivity contribution in [1.82, 2.24) is 9.78 Å². The molecule has 0 bridgehead atoms. The number of halogens is 4. The van der Waals surface area contributed by atoms with Crippen LogP contribution in [0.5, 0.6) is 0 Å². The Balaban J connectivity index is 1.96. The molecule has 2 aromatic rings. The first kappa shape index (κ1) is 28.7. The fourth-order valence-corrected chi connectivity index (χ4v) is 5.91. The van der Waals surface area contributed by atoms with Gasteiger partial charge in [-0.2, -0.15) is 26.7 Å². The molecular weight excluding hydrogens is 603 g/mol. The Labute approximate surface area is 231 Å². The molecule has 39 heavy (non-hydrogen) atoms. The number of carboxylic acids is 1. The highest BCUT2D eigenvalue weighted by Crippen LogP contribution is 2.49. The van der Waals surface area contributed by atoms with Gasteiger partial charge in [0.1, 0.15) is 5.69 Å². The molecule has 0 saturated carbocycles. The topological polar surface area (TPSA) is 114 Å². The molecule has 2 aliphatic rings. The molecule has 1 aliphatic carbocycles. The summed E-state index contributed by atoms with van der Waals surface area (Å²) in [6, 6.07) is 7.40. The third-order valence-corrected chi connectivity index (χ3v) is 8.29. The summed E-state index contributed by atoms with van der Waals surface area (Å²) in [6.07, 6.45) is 5.01. The number of anilines is 1. The molecule has 0 unspecified atom stereocenters. The zero-order chi connectivity index (χ0) is 28.5. The number of nitrogens with zero attached hydrogens (tertiary/aromatic N) is 2. The van der Waals surface area contributed by atoms with Crippen molar-refractivity contribution in [2.24, 2.45) is 0 Å². The van der Waals surface area contributed by atoms with Gasteiger partial charge in [0.2, 0.25) is 0 Å². The number of carboxylic acid groups (broad SMARTS) is 1. The number of hydrogen-bond donors (Lipinski definition) is 2. The highest BCUT2D eigenvalue weighted by molar-refractivity contribution is 9.10. The van der Waals surface area contributed by atoms with Crippen LogP contribution in [0.15, 0.2) is 51.7 Å². The van der Waals surface area contributed by atoms with E-state index in [4.69, 9.17) is 4.42 Å². The van der Waals surface area contributed by atoms with Crippen molar-refractivity contribution in [2.45, 2.75) is 51.6 Å². The van der Waals surface area contributed by atoms with Crippen LogP contribution >= 0.6 is 15.9 Å². The van der Waals surface area contributed by atoms with Gasteiger partial charge in [-0.05, 0) is 52.0 Å². The highest BCUT2D eigenvalue weighted by Gasteiger charge is 2.46. The second kappa shape index (κ2) is 11.0. The number of carbonyl (C=O) groups is 1. The van der Waals surface area contributed by atoms with Gasteiger partial charge >= 0.3 is 21.5 Å². The lowest BCUT2D eigenvalue weighted by molar-refractivity contribution is -0.0429. The fraction of sp³-hybridized carbons (Fsp3) is 0.308. The maximum Gasteiger partial charge on any atom is 0.516 e. The normalized spacial score (nSPS) is 12.3. The average molecular weight is 628 g/mol. The number of sulfonamides is 1. The Bertz CT molecular complexity index is 1590. The minimum atomic E-state index is -5.71. The van der Waals surface area contributed by atoms with Gasteiger partial charge in [0.05, 0.1) is 23.9 Å². The Morgan fingerprint density at radius 3 is 2.49 bits per heavy atom. The van der Waals surface area contributed by atoms with Crippen molar-refractivity contribution in [2.75, 3.05) is 4.72 Å². The van der Waals surface area contributed by atoms with Gasteiger partial charge in [0, 0.05) is 39.7 Å². The first-order chi connectivity index (χ1) is 18.4. The van der Waals surface area contributed by atoms with Crippen molar-refractivity contribution in [1.29, 1.82) is 0 Å². The summed E-state index contributed by atoms with van der Waals surface area (Å²) in [5.41, 5.74) is -2.26. The van der Waals surface area contributed by atoms with Crippen molar-refractivity contribution in [3.05, 3.63) is 69.8 Å². The number of benzene rings is 1. The van der Waals surface area contributed by atoms with Crippen LogP contribution in [-0.4, -0.2) is 34.8 Å². The van der Waals surface area contributed by atoms with Gasteiger partial charge < -0.3 is 9.52 Å². The Morgan fingerprint density at radius 1 is 1.13 bits per heavy atom. The second-order valence-electron chi connectivity index (χ2n) is 8.83. The largest absolute Gasteiger partial charge is 0.516 e. The second-order valence-corrected chi connectivity index (χ2v) is 11.3. The van der Waals surface area contributed by atoms with Crippen molar-refractivity contribution < 1.29 is 35.9 Å². The summed E-state index contributed by atoms with van der Waals surface area (Å²) >= 11 is 3.53. The molecule has 1 aliphatic heterocycles. The van der Waals surface area contributed by atoms with E-state index in [0.29, 0.717) is 50.9 Å². The van der Waals surface area contributed by atoms with Crippen molar-refractivity contribution in [3.8, 4) is 22.3 Å². The van der Waals surface area contributed by atoms with Crippen molar-refractivity contribution in [3.63, 3.8) is 0 Å². The number of nitrogens with one attached hydrogen (secondary N) is 1. The van der Waals surface area contributed by atoms with Crippen LogP contribution in [-0.2, 0) is 29.4 Å². The van der Waals surface area contributed by atoms with Gasteiger partial charge in [-0.25, -0.2) is 4.79 Å². The molecule has 0 saturated heterocycles. The summed E-state index contributed by atoms with van der Waals surface area (Å²) in [5, 5.41) is 14.7. The van der Waals surface area contributed by atoms with Crippen LogP contribution in [0.2, 0.25) is 0 Å². The standard InChI is InChI=1S/C26H25BrF3N3O5S/c1-3-5-11-33-24(25(34)35)18(20(4-2)31-33)13-17-15-10-12-38-14-19(15)23(27)22(17)16-8-6-7-9-21(16)32-39(36,37)26(28,29)30/h6-10,12,14,32H,3-5,11,13H2,1-2H3,(H,34,35). The maximum absolute atomic E-state index is 13.2. The number of aromatic nitrogens is 2. The molecule has 0 spiro atoms. The third-order valence-electron chi connectivity index (χ3n) is 6.37. The summed E-state index contributed by atoms with van der Waals surface area (Å²) in [7, 11) is -5.71. The Kier molecular flexibility index (Phi) is 8.12. The van der Waals surface area contributed by atoms with E-state index in [0.717, 1.165) is 12.8 Å². The van der Waals surface area contributed by atoms with Crippen LogP contribution in [0.3, 0.4) is 0 Å². The molecule has 0 amide bonds. The first-order valence-corrected chi connectivity index (χ1v) is 14.3. The van der Waals surface area contributed by atoms with Gasteiger partial charge in [-0.3, -0.25) is 9.40 Å². The molecule has 0 atom stereocenters. The molecule has 4 rings (SSSR count). The summed E-state index contributed by atoms with van der Waals surface area (Å²) in [4.78, 5) is 12.4. The average Bonchev–Trinajstić information content (AvgIpc) is 3.37. The number of alkyl halides is 3. The number of rotatable bonds is 10. The molecular formula is C26H25BrF3N3O5S. The fourth-order valence-electron chi connectivity index (χ4n) is 4.56. The van der Waals surface area contributed by atoms with Crippen LogP contribution in [0.4, 0.5) is 18.9 Å². The van der Waals surface area contributed by atoms with E-state index in [2.05, 4.69) is 21.0 Å². The lowest BCUT2D eigenvalue weighted by Crippen LogP contribution is -2.30. The van der Waals surface area contributed by atoms with Gasteiger partial charge in [-0.1, -0.05) is 38.5 Å². The van der Waals surface area contributed by atoms with Crippen LogP contribution in [0, 0.1) is 0 Å². The number of unbranched alkanes of at least 4 members (excludes halogenated alkanes) is 1. The quantitative estimate of drug-likeness (QED) is 0.197. The van der Waals surface area contributed by atoms with Crippen LogP contribution < -0.4 is 4.72 Å². The van der Waals surface area contributed by atoms with E-state index in [1.807, 2.05) is 13.8 Å². The molecule has 1 aromatic carbocycles. The number of para-hydroxylation sites is 1. The summed E-state index contributed by atoms with van der Waals surface area (Å²) in [6.45, 7) is 4.27. The lowest BCUT2D eigenvalue weighted by Gasteiger charge is -2.16. The van der Waals surface area contributed by atoms with E-state index in [1.165, 1.54) is 35.4 Å². The molecule has 2 heterocycles. The van der Waals surface area contributed by atoms with E-state index < -0.39 is 21.5 Å². The zero-order valence-corrected chi connectivity index (χ0v) is 23.4. The molecule has 0 fully saturated rings. The first-order valence-electron chi connectivity index (χ1n) is 12.1. The van der Waals surface area contributed by atoms with E-state index in [9.17, 15) is 31.5 Å².